The Balaban J connectivity index is 2.27. The second-order valence-corrected chi connectivity index (χ2v) is 5.49. The van der Waals surface area contributed by atoms with Gasteiger partial charge in [0.15, 0.2) is 0 Å². The molecule has 0 aliphatic heterocycles. The van der Waals surface area contributed by atoms with Crippen molar-refractivity contribution < 1.29 is 5.11 Å². The highest BCUT2D eigenvalue weighted by Gasteiger charge is 2.27. The van der Waals surface area contributed by atoms with Gasteiger partial charge in [0.25, 0.3) is 0 Å². The normalized spacial score (nSPS) is 13.4. The number of phenols is 1. The molecule has 0 radical (unpaired) electrons. The monoisotopic (exact) mass is 290 g/mol. The summed E-state index contributed by atoms with van der Waals surface area (Å²) in [5, 5.41) is 28.6. The maximum Gasteiger partial charge on any atom is 0.142 e. The molecule has 1 aromatic heterocycles. The zero-order valence-electron chi connectivity index (χ0n) is 11.9. The molecule has 22 heavy (non-hydrogen) atoms. The van der Waals surface area contributed by atoms with Gasteiger partial charge >= 0.3 is 0 Å². The molecule has 2 aromatic rings. The number of rotatable bonds is 3. The molecule has 1 fully saturated rings. The number of nitriles is 2. The standard InChI is InChI=1S/C17H14N4O/c18-8-13-15(6-10-4-5-10)21-17(20)14(9-19)16(13)11-2-1-3-12(22)7-11/h1-3,7,10,22H,4-6H2,(H2,20,21). The van der Waals surface area contributed by atoms with E-state index in [1.54, 1.807) is 12.1 Å². The van der Waals surface area contributed by atoms with Gasteiger partial charge in [0.2, 0.25) is 0 Å². The van der Waals surface area contributed by atoms with Crippen molar-refractivity contribution in [3.63, 3.8) is 0 Å². The number of benzene rings is 1. The Morgan fingerprint density at radius 1 is 1.23 bits per heavy atom. The lowest BCUT2D eigenvalue weighted by Crippen LogP contribution is -2.07. The van der Waals surface area contributed by atoms with Crippen molar-refractivity contribution in [1.82, 2.24) is 4.98 Å². The Hall–Kier alpha value is -3.05. The van der Waals surface area contributed by atoms with E-state index >= 15 is 0 Å². The molecule has 3 rings (SSSR count). The number of nitrogens with two attached hydrogens (primary N) is 1. The largest absolute Gasteiger partial charge is 0.508 e. The predicted molar refractivity (Wildman–Crippen MR) is 81.6 cm³/mol. The molecular formula is C17H14N4O. The molecule has 1 aliphatic rings. The third-order valence-corrected chi connectivity index (χ3v) is 3.84. The van der Waals surface area contributed by atoms with E-state index < -0.39 is 0 Å². The van der Waals surface area contributed by atoms with Crippen LogP contribution in [0.2, 0.25) is 0 Å². The fourth-order valence-electron chi connectivity index (χ4n) is 2.58. The SMILES string of the molecule is N#Cc1c(N)nc(CC2CC2)c(C#N)c1-c1cccc(O)c1. The second-order valence-electron chi connectivity index (χ2n) is 5.49. The van der Waals surface area contributed by atoms with Crippen LogP contribution in [0, 0.1) is 28.6 Å². The van der Waals surface area contributed by atoms with Crippen molar-refractivity contribution in [2.75, 3.05) is 5.73 Å². The maximum absolute atomic E-state index is 9.68. The quantitative estimate of drug-likeness (QED) is 0.903. The second kappa shape index (κ2) is 5.38. The number of anilines is 1. The predicted octanol–water partition coefficient (Wildman–Crippen LogP) is 2.73. The van der Waals surface area contributed by atoms with Crippen LogP contribution in [-0.2, 0) is 6.42 Å². The van der Waals surface area contributed by atoms with Crippen LogP contribution in [-0.4, -0.2) is 10.1 Å². The lowest BCUT2D eigenvalue weighted by atomic mass is 9.93. The van der Waals surface area contributed by atoms with Crippen LogP contribution in [0.15, 0.2) is 24.3 Å². The van der Waals surface area contributed by atoms with Gasteiger partial charge in [0, 0.05) is 5.56 Å². The Morgan fingerprint density at radius 3 is 2.55 bits per heavy atom. The summed E-state index contributed by atoms with van der Waals surface area (Å²) in [5.41, 5.74) is 8.18. The summed E-state index contributed by atoms with van der Waals surface area (Å²) in [4.78, 5) is 4.27. The van der Waals surface area contributed by atoms with Gasteiger partial charge in [-0.25, -0.2) is 4.98 Å². The van der Waals surface area contributed by atoms with Gasteiger partial charge in [-0.05, 0) is 42.9 Å². The van der Waals surface area contributed by atoms with E-state index in [0.29, 0.717) is 34.7 Å². The molecule has 108 valence electrons. The minimum Gasteiger partial charge on any atom is -0.508 e. The zero-order chi connectivity index (χ0) is 15.7. The molecular weight excluding hydrogens is 276 g/mol. The highest BCUT2D eigenvalue weighted by Crippen LogP contribution is 2.37. The summed E-state index contributed by atoms with van der Waals surface area (Å²) in [5.74, 6) is 0.754. The van der Waals surface area contributed by atoms with E-state index in [1.807, 2.05) is 6.07 Å². The molecule has 0 unspecified atom stereocenters. The van der Waals surface area contributed by atoms with Gasteiger partial charge in [-0.1, -0.05) is 12.1 Å². The number of aromatic nitrogens is 1. The van der Waals surface area contributed by atoms with Crippen LogP contribution in [0.3, 0.4) is 0 Å². The van der Waals surface area contributed by atoms with Gasteiger partial charge in [0.1, 0.15) is 29.3 Å². The van der Waals surface area contributed by atoms with Crippen LogP contribution < -0.4 is 5.73 Å². The summed E-state index contributed by atoms with van der Waals surface area (Å²) < 4.78 is 0. The highest BCUT2D eigenvalue weighted by molar-refractivity contribution is 5.81. The van der Waals surface area contributed by atoms with Crippen LogP contribution in [0.5, 0.6) is 5.75 Å². The molecule has 0 bridgehead atoms. The van der Waals surface area contributed by atoms with Crippen molar-refractivity contribution in [1.29, 1.82) is 10.5 Å². The molecule has 5 heteroatoms. The number of aromatic hydroxyl groups is 1. The third-order valence-electron chi connectivity index (χ3n) is 3.84. The molecule has 1 aromatic carbocycles. The average molecular weight is 290 g/mol. The number of nitrogen functional groups attached to an aromatic ring is 1. The topological polar surface area (TPSA) is 107 Å². The summed E-state index contributed by atoms with van der Waals surface area (Å²) in [6.45, 7) is 0. The summed E-state index contributed by atoms with van der Waals surface area (Å²) >= 11 is 0. The summed E-state index contributed by atoms with van der Waals surface area (Å²) in [6, 6.07) is 10.7. The first-order valence-corrected chi connectivity index (χ1v) is 7.06. The van der Waals surface area contributed by atoms with E-state index in [9.17, 15) is 15.6 Å². The van der Waals surface area contributed by atoms with E-state index in [2.05, 4.69) is 11.1 Å². The first kappa shape index (κ1) is 13.9. The number of hydrogen-bond acceptors (Lipinski definition) is 5. The minimum absolute atomic E-state index is 0.0735. The molecule has 1 aliphatic carbocycles. The summed E-state index contributed by atoms with van der Waals surface area (Å²) in [6.07, 6.45) is 2.96. The van der Waals surface area contributed by atoms with E-state index in [1.165, 1.54) is 12.1 Å². The Kier molecular flexibility index (Phi) is 3.40. The fraction of sp³-hybridized carbons (Fsp3) is 0.235. The molecule has 1 saturated carbocycles. The molecule has 0 amide bonds. The van der Waals surface area contributed by atoms with E-state index in [4.69, 9.17) is 5.73 Å². The van der Waals surface area contributed by atoms with Gasteiger partial charge in [0.05, 0.1) is 11.3 Å². The lowest BCUT2D eigenvalue weighted by Gasteiger charge is -2.13. The van der Waals surface area contributed by atoms with E-state index in [-0.39, 0.29) is 17.1 Å². The molecule has 3 N–H and O–H groups in total. The van der Waals surface area contributed by atoms with Crippen LogP contribution >= 0.6 is 0 Å². The van der Waals surface area contributed by atoms with Crippen molar-refractivity contribution in [3.05, 3.63) is 41.1 Å². The van der Waals surface area contributed by atoms with Crippen LogP contribution in [0.4, 0.5) is 5.82 Å². The van der Waals surface area contributed by atoms with Crippen molar-refractivity contribution in [3.8, 4) is 29.0 Å². The number of phenolic OH excluding ortho intramolecular Hbond substituents is 1. The molecule has 0 atom stereocenters. The first-order valence-electron chi connectivity index (χ1n) is 7.06. The van der Waals surface area contributed by atoms with E-state index in [0.717, 1.165) is 12.8 Å². The maximum atomic E-state index is 9.68. The molecule has 0 spiro atoms. The van der Waals surface area contributed by atoms with Crippen molar-refractivity contribution in [2.24, 2.45) is 5.92 Å². The molecule has 1 heterocycles. The molecule has 5 nitrogen and oxygen atoms in total. The minimum atomic E-state index is 0.0735. The first-order chi connectivity index (χ1) is 10.6. The Bertz CT molecular complexity index is 826. The molecule has 0 saturated heterocycles. The van der Waals surface area contributed by atoms with Gasteiger partial charge in [-0.2, -0.15) is 10.5 Å². The van der Waals surface area contributed by atoms with Gasteiger partial charge in [-0.15, -0.1) is 0 Å². The Labute approximate surface area is 128 Å². The Morgan fingerprint density at radius 2 is 1.95 bits per heavy atom. The highest BCUT2D eigenvalue weighted by atomic mass is 16.3. The lowest BCUT2D eigenvalue weighted by molar-refractivity contribution is 0.475. The number of nitrogens with zero attached hydrogens (tertiary/aromatic N) is 3. The van der Waals surface area contributed by atoms with Crippen LogP contribution in [0.1, 0.15) is 29.7 Å². The number of hydrogen-bond donors (Lipinski definition) is 2. The van der Waals surface area contributed by atoms with Gasteiger partial charge in [-0.3, -0.25) is 0 Å². The van der Waals surface area contributed by atoms with Crippen molar-refractivity contribution in [2.45, 2.75) is 19.3 Å². The average Bonchev–Trinajstić information content (AvgIpc) is 3.30. The third kappa shape index (κ3) is 2.45. The summed E-state index contributed by atoms with van der Waals surface area (Å²) in [7, 11) is 0. The smallest absolute Gasteiger partial charge is 0.142 e. The number of pyridine rings is 1. The zero-order valence-corrected chi connectivity index (χ0v) is 11.9. The van der Waals surface area contributed by atoms with Crippen molar-refractivity contribution >= 4 is 5.82 Å². The van der Waals surface area contributed by atoms with Crippen LogP contribution in [0.25, 0.3) is 11.1 Å². The van der Waals surface area contributed by atoms with Gasteiger partial charge < -0.3 is 10.8 Å². The fourth-order valence-corrected chi connectivity index (χ4v) is 2.58.